The second-order valence-electron chi connectivity index (χ2n) is 6.16. The summed E-state index contributed by atoms with van der Waals surface area (Å²) >= 11 is 1.65. The summed E-state index contributed by atoms with van der Waals surface area (Å²) in [6.07, 6.45) is 3.47. The molecule has 0 spiro atoms. The molecule has 25 heavy (non-hydrogen) atoms. The molecule has 0 fully saturated rings. The molecule has 8 heteroatoms. The van der Waals surface area contributed by atoms with Gasteiger partial charge in [-0.25, -0.2) is 14.5 Å². The summed E-state index contributed by atoms with van der Waals surface area (Å²) in [5.41, 5.74) is 5.89. The Morgan fingerprint density at radius 3 is 2.72 bits per heavy atom. The quantitative estimate of drug-likeness (QED) is 0.675. The number of rotatable bonds is 6. The van der Waals surface area contributed by atoms with Gasteiger partial charge in [-0.3, -0.25) is 4.79 Å². The first kappa shape index (κ1) is 17.5. The van der Waals surface area contributed by atoms with E-state index in [0.717, 1.165) is 29.1 Å². The summed E-state index contributed by atoms with van der Waals surface area (Å²) in [7, 11) is 1.86. The molecule has 0 saturated carbocycles. The molecule has 3 aromatic heterocycles. The number of aryl methyl sites for hydroxylation is 3. The predicted octanol–water partition coefficient (Wildman–Crippen LogP) is 2.14. The lowest BCUT2D eigenvalue weighted by Gasteiger charge is -2.17. The van der Waals surface area contributed by atoms with Gasteiger partial charge < -0.3 is 4.90 Å². The van der Waals surface area contributed by atoms with Crippen LogP contribution in [-0.2, 0) is 17.6 Å². The van der Waals surface area contributed by atoms with Crippen molar-refractivity contribution < 1.29 is 4.79 Å². The van der Waals surface area contributed by atoms with Crippen LogP contribution in [0.15, 0.2) is 11.8 Å². The van der Waals surface area contributed by atoms with E-state index in [4.69, 9.17) is 0 Å². The molecule has 7 nitrogen and oxygen atoms in total. The zero-order valence-corrected chi connectivity index (χ0v) is 15.8. The maximum atomic E-state index is 12.5. The Bertz CT molecular complexity index is 900. The standard InChI is InChI=1S/C17H22N6OS/c1-11-14(13(3)23-17(21-11)18-9-20-23)5-6-16(24)22(4)8-7-15-12(2)19-10-25-15/h9-10H,5-8H2,1-4H3. The number of hydrogen-bond acceptors (Lipinski definition) is 6. The van der Waals surface area contributed by atoms with Gasteiger partial charge in [-0.1, -0.05) is 0 Å². The third kappa shape index (κ3) is 3.68. The lowest BCUT2D eigenvalue weighted by Crippen LogP contribution is -2.29. The smallest absolute Gasteiger partial charge is 0.252 e. The minimum atomic E-state index is 0.139. The monoisotopic (exact) mass is 358 g/mol. The van der Waals surface area contributed by atoms with Gasteiger partial charge in [0.2, 0.25) is 5.91 Å². The largest absolute Gasteiger partial charge is 0.345 e. The van der Waals surface area contributed by atoms with Gasteiger partial charge >= 0.3 is 0 Å². The number of hydrogen-bond donors (Lipinski definition) is 0. The Morgan fingerprint density at radius 2 is 2.00 bits per heavy atom. The zero-order chi connectivity index (χ0) is 18.0. The van der Waals surface area contributed by atoms with Crippen molar-refractivity contribution in [3.63, 3.8) is 0 Å². The van der Waals surface area contributed by atoms with Crippen molar-refractivity contribution in [2.45, 2.75) is 40.0 Å². The normalized spacial score (nSPS) is 11.2. The third-order valence-electron chi connectivity index (χ3n) is 4.52. The molecule has 0 bridgehead atoms. The highest BCUT2D eigenvalue weighted by Gasteiger charge is 2.15. The fraction of sp³-hybridized carbons (Fsp3) is 0.471. The Balaban J connectivity index is 1.61. The number of likely N-dealkylation sites (N-methyl/N-ethyl adjacent to an activating group) is 1. The van der Waals surface area contributed by atoms with Crippen molar-refractivity contribution in [2.75, 3.05) is 13.6 Å². The van der Waals surface area contributed by atoms with Crippen LogP contribution in [0.25, 0.3) is 5.78 Å². The van der Waals surface area contributed by atoms with Crippen LogP contribution in [0, 0.1) is 20.8 Å². The number of carbonyl (C=O) groups is 1. The predicted molar refractivity (Wildman–Crippen MR) is 96.8 cm³/mol. The number of aromatic nitrogens is 5. The third-order valence-corrected chi connectivity index (χ3v) is 5.52. The summed E-state index contributed by atoms with van der Waals surface area (Å²) < 4.78 is 1.73. The molecule has 0 atom stereocenters. The number of fused-ring (bicyclic) bond motifs is 1. The van der Waals surface area contributed by atoms with Gasteiger partial charge in [-0.15, -0.1) is 11.3 Å². The minimum Gasteiger partial charge on any atom is -0.345 e. The molecule has 0 aliphatic carbocycles. The second kappa shape index (κ2) is 7.26. The zero-order valence-electron chi connectivity index (χ0n) is 15.0. The molecule has 0 aliphatic rings. The summed E-state index contributed by atoms with van der Waals surface area (Å²) in [4.78, 5) is 28.3. The molecule has 0 N–H and O–H groups in total. The molecule has 0 unspecified atom stereocenters. The molecule has 1 amide bonds. The topological polar surface area (TPSA) is 76.3 Å². The number of amides is 1. The summed E-state index contributed by atoms with van der Waals surface area (Å²) in [6.45, 7) is 6.66. The minimum absolute atomic E-state index is 0.139. The Morgan fingerprint density at radius 1 is 1.20 bits per heavy atom. The number of carbonyl (C=O) groups excluding carboxylic acids is 1. The van der Waals surface area contributed by atoms with Crippen molar-refractivity contribution in [3.8, 4) is 0 Å². The van der Waals surface area contributed by atoms with Gasteiger partial charge in [0.1, 0.15) is 6.33 Å². The van der Waals surface area contributed by atoms with E-state index in [9.17, 15) is 4.79 Å². The highest BCUT2D eigenvalue weighted by Crippen LogP contribution is 2.16. The van der Waals surface area contributed by atoms with E-state index in [1.54, 1.807) is 20.8 Å². The molecule has 0 aliphatic heterocycles. The van der Waals surface area contributed by atoms with E-state index in [1.807, 2.05) is 33.3 Å². The maximum absolute atomic E-state index is 12.5. The van der Waals surface area contributed by atoms with Crippen LogP contribution in [0.1, 0.15) is 33.9 Å². The van der Waals surface area contributed by atoms with E-state index in [-0.39, 0.29) is 5.91 Å². The highest BCUT2D eigenvalue weighted by molar-refractivity contribution is 7.09. The van der Waals surface area contributed by atoms with Crippen molar-refractivity contribution in [2.24, 2.45) is 0 Å². The van der Waals surface area contributed by atoms with Gasteiger partial charge in [0.15, 0.2) is 0 Å². The fourth-order valence-corrected chi connectivity index (χ4v) is 3.67. The van der Waals surface area contributed by atoms with Crippen LogP contribution in [0.2, 0.25) is 0 Å². The van der Waals surface area contributed by atoms with E-state index in [0.29, 0.717) is 25.2 Å². The van der Waals surface area contributed by atoms with Gasteiger partial charge in [0.25, 0.3) is 5.78 Å². The lowest BCUT2D eigenvalue weighted by atomic mass is 10.1. The number of nitrogens with zero attached hydrogens (tertiary/aromatic N) is 6. The van der Waals surface area contributed by atoms with Crippen LogP contribution in [0.5, 0.6) is 0 Å². The van der Waals surface area contributed by atoms with Gasteiger partial charge in [-0.2, -0.15) is 10.1 Å². The molecular weight excluding hydrogens is 336 g/mol. The fourth-order valence-electron chi connectivity index (χ4n) is 2.90. The second-order valence-corrected chi connectivity index (χ2v) is 7.10. The lowest BCUT2D eigenvalue weighted by molar-refractivity contribution is -0.129. The first-order valence-electron chi connectivity index (χ1n) is 8.26. The first-order valence-corrected chi connectivity index (χ1v) is 9.14. The maximum Gasteiger partial charge on any atom is 0.252 e. The van der Waals surface area contributed by atoms with E-state index < -0.39 is 0 Å². The van der Waals surface area contributed by atoms with E-state index in [1.165, 1.54) is 11.2 Å². The Kier molecular flexibility index (Phi) is 5.08. The molecule has 3 heterocycles. The van der Waals surface area contributed by atoms with Crippen molar-refractivity contribution >= 4 is 23.0 Å². The van der Waals surface area contributed by atoms with E-state index >= 15 is 0 Å². The molecule has 3 aromatic rings. The van der Waals surface area contributed by atoms with Crippen LogP contribution in [0.3, 0.4) is 0 Å². The molecule has 0 aromatic carbocycles. The Labute approximate surface area is 150 Å². The molecular formula is C17H22N6OS. The molecule has 0 saturated heterocycles. The summed E-state index contributed by atoms with van der Waals surface area (Å²) in [5, 5.41) is 4.19. The first-order chi connectivity index (χ1) is 12.0. The van der Waals surface area contributed by atoms with Crippen LogP contribution < -0.4 is 0 Å². The highest BCUT2D eigenvalue weighted by atomic mass is 32.1. The van der Waals surface area contributed by atoms with Crippen molar-refractivity contribution in [1.82, 2.24) is 29.5 Å². The average Bonchev–Trinajstić information content (AvgIpc) is 3.21. The van der Waals surface area contributed by atoms with Gasteiger partial charge in [0.05, 0.1) is 11.2 Å². The van der Waals surface area contributed by atoms with Crippen LogP contribution in [-0.4, -0.2) is 49.0 Å². The molecule has 0 radical (unpaired) electrons. The van der Waals surface area contributed by atoms with E-state index in [2.05, 4.69) is 20.1 Å². The van der Waals surface area contributed by atoms with Crippen LogP contribution >= 0.6 is 11.3 Å². The Hall–Kier alpha value is -2.35. The molecule has 132 valence electrons. The summed E-state index contributed by atoms with van der Waals surface area (Å²) in [6, 6.07) is 0. The molecule has 3 rings (SSSR count). The van der Waals surface area contributed by atoms with Gasteiger partial charge in [0, 0.05) is 42.7 Å². The van der Waals surface area contributed by atoms with Crippen molar-refractivity contribution in [1.29, 1.82) is 0 Å². The van der Waals surface area contributed by atoms with Crippen LogP contribution in [0.4, 0.5) is 0 Å². The SMILES string of the molecule is Cc1ncsc1CCN(C)C(=O)CCc1c(C)nc2ncnn2c1C. The van der Waals surface area contributed by atoms with Crippen molar-refractivity contribution in [3.05, 3.63) is 39.4 Å². The summed E-state index contributed by atoms with van der Waals surface area (Å²) in [5.74, 6) is 0.738. The average molecular weight is 358 g/mol. The number of thiazole rings is 1. The van der Waals surface area contributed by atoms with Gasteiger partial charge in [-0.05, 0) is 32.8 Å².